The molecule has 0 saturated carbocycles. The van der Waals surface area contributed by atoms with Gasteiger partial charge in [-0.25, -0.2) is 8.98 Å². The molecule has 0 amide bonds. The first-order chi connectivity index (χ1) is 18.9. The number of nitrogens with one attached hydrogen (secondary N) is 1. The number of aromatic nitrogens is 2. The summed E-state index contributed by atoms with van der Waals surface area (Å²) in [5.74, 6) is 0. The van der Waals surface area contributed by atoms with Crippen molar-refractivity contribution in [2.75, 3.05) is 13.2 Å². The Kier molecular flexibility index (Phi) is 9.31. The standard InChI is InChI=1S/C28H49N3O8SSi2/c1-14-15-29-20-18-40(34,35)39-28(20)21(17-36-41(10,11)26(3,4)5)37-24(22(28)38-42(12,13)27(6,7)8)31-16-19(2)23(32)30(9)25(31)33/h14,16,18,21-22,24,29H,1,15,17H2,2-13H3. The molecule has 3 rings (SSSR count). The van der Waals surface area contributed by atoms with E-state index in [4.69, 9.17) is 17.8 Å². The first kappa shape index (κ1) is 34.7. The third-order valence-corrected chi connectivity index (χ3v) is 19.2. The molecule has 2 aliphatic rings. The summed E-state index contributed by atoms with van der Waals surface area (Å²) in [6.07, 6.45) is -0.171. The monoisotopic (exact) mass is 643 g/mol. The first-order valence-electron chi connectivity index (χ1n) is 14.2. The van der Waals surface area contributed by atoms with E-state index in [-0.39, 0.29) is 28.9 Å². The van der Waals surface area contributed by atoms with E-state index < -0.39 is 62.0 Å². The molecule has 1 saturated heterocycles. The van der Waals surface area contributed by atoms with Crippen LogP contribution in [0, 0.1) is 6.92 Å². The Labute approximate surface area is 252 Å². The SMILES string of the molecule is C=CCNC1=CS(=O)(=O)OC12C(CO[Si](C)(C)C(C)(C)C)OC(n1cc(C)c(=O)n(C)c1=O)C2O[Si](C)(C)C(C)(C)C. The zero-order valence-electron chi connectivity index (χ0n) is 27.2. The molecule has 2 aliphatic heterocycles. The minimum Gasteiger partial charge on any atom is -0.414 e. The maximum absolute atomic E-state index is 13.6. The molecule has 0 bridgehead atoms. The molecule has 0 radical (unpaired) electrons. The summed E-state index contributed by atoms with van der Waals surface area (Å²) in [5.41, 5.74) is -2.19. The van der Waals surface area contributed by atoms with Crippen LogP contribution in [0.15, 0.2) is 39.5 Å². The van der Waals surface area contributed by atoms with Gasteiger partial charge in [0.25, 0.3) is 15.7 Å². The topological polar surface area (TPSA) is 127 Å². The van der Waals surface area contributed by atoms with Gasteiger partial charge in [-0.1, -0.05) is 47.6 Å². The fourth-order valence-corrected chi connectivity index (χ4v) is 8.13. The molecule has 1 aromatic rings. The van der Waals surface area contributed by atoms with Crippen molar-refractivity contribution in [3.63, 3.8) is 0 Å². The second-order valence-electron chi connectivity index (χ2n) is 14.3. The lowest BCUT2D eigenvalue weighted by Crippen LogP contribution is -2.60. The Morgan fingerprint density at radius 1 is 1.10 bits per heavy atom. The molecule has 238 valence electrons. The molecule has 1 fully saturated rings. The number of nitrogens with zero attached hydrogens (tertiary/aromatic N) is 2. The van der Waals surface area contributed by atoms with Crippen LogP contribution in [0.4, 0.5) is 0 Å². The van der Waals surface area contributed by atoms with E-state index in [0.29, 0.717) is 5.56 Å². The smallest absolute Gasteiger partial charge is 0.332 e. The van der Waals surface area contributed by atoms with Crippen LogP contribution in [0.5, 0.6) is 0 Å². The summed E-state index contributed by atoms with van der Waals surface area (Å²) in [7, 11) is -7.80. The molecule has 1 N–H and O–H groups in total. The van der Waals surface area contributed by atoms with E-state index in [1.807, 2.05) is 13.1 Å². The van der Waals surface area contributed by atoms with E-state index >= 15 is 0 Å². The average Bonchev–Trinajstić information content (AvgIpc) is 3.28. The molecule has 0 aliphatic carbocycles. The number of rotatable bonds is 9. The van der Waals surface area contributed by atoms with Crippen molar-refractivity contribution in [3.8, 4) is 0 Å². The minimum atomic E-state index is -4.19. The van der Waals surface area contributed by atoms with Gasteiger partial charge in [-0.15, -0.1) is 6.58 Å². The van der Waals surface area contributed by atoms with Crippen LogP contribution < -0.4 is 16.6 Å². The number of aryl methyl sites for hydroxylation is 1. The van der Waals surface area contributed by atoms with Gasteiger partial charge in [0, 0.05) is 25.4 Å². The largest absolute Gasteiger partial charge is 0.414 e. The summed E-state index contributed by atoms with van der Waals surface area (Å²) < 4.78 is 55.0. The van der Waals surface area contributed by atoms with E-state index in [1.165, 1.54) is 17.8 Å². The Balaban J connectivity index is 2.34. The van der Waals surface area contributed by atoms with Gasteiger partial charge in [0.15, 0.2) is 28.5 Å². The van der Waals surface area contributed by atoms with Gasteiger partial charge in [-0.3, -0.25) is 13.9 Å². The van der Waals surface area contributed by atoms with Gasteiger partial charge in [-0.05, 0) is 43.2 Å². The summed E-state index contributed by atoms with van der Waals surface area (Å²) >= 11 is 0. The zero-order chi connectivity index (χ0) is 32.3. The minimum absolute atomic E-state index is 0.00746. The van der Waals surface area contributed by atoms with Crippen molar-refractivity contribution in [2.45, 2.75) is 109 Å². The molecule has 14 heteroatoms. The van der Waals surface area contributed by atoms with Gasteiger partial charge >= 0.3 is 5.69 Å². The lowest BCUT2D eigenvalue weighted by atomic mass is 9.89. The van der Waals surface area contributed by atoms with Gasteiger partial charge in [-0.2, -0.15) is 8.42 Å². The van der Waals surface area contributed by atoms with Crippen LogP contribution in [0.25, 0.3) is 0 Å². The average molecular weight is 644 g/mol. The number of hydrogen-bond acceptors (Lipinski definition) is 9. The predicted octanol–water partition coefficient (Wildman–Crippen LogP) is 3.88. The molecule has 1 aromatic heterocycles. The molecule has 4 unspecified atom stereocenters. The molecule has 3 heterocycles. The van der Waals surface area contributed by atoms with Crippen LogP contribution in [0.3, 0.4) is 0 Å². The fraction of sp³-hybridized carbons (Fsp3) is 0.714. The quantitative estimate of drug-likeness (QED) is 0.242. The highest BCUT2D eigenvalue weighted by Gasteiger charge is 2.68. The Hall–Kier alpha value is -1.82. The van der Waals surface area contributed by atoms with Crippen molar-refractivity contribution in [2.24, 2.45) is 7.05 Å². The number of hydrogen-bond donors (Lipinski definition) is 1. The van der Waals surface area contributed by atoms with Gasteiger partial charge < -0.3 is 18.9 Å². The molecule has 0 aromatic carbocycles. The second kappa shape index (κ2) is 11.3. The lowest BCUT2D eigenvalue weighted by Gasteiger charge is -2.44. The van der Waals surface area contributed by atoms with E-state index in [2.05, 4.69) is 66.5 Å². The molecule has 11 nitrogen and oxygen atoms in total. The summed E-state index contributed by atoms with van der Waals surface area (Å²) in [4.78, 5) is 26.2. The maximum Gasteiger partial charge on any atom is 0.332 e. The molecular formula is C28H49N3O8SSi2. The summed E-state index contributed by atoms with van der Waals surface area (Å²) in [6.45, 7) is 26.4. The predicted molar refractivity (Wildman–Crippen MR) is 169 cm³/mol. The normalized spacial score (nSPS) is 26.5. The van der Waals surface area contributed by atoms with Gasteiger partial charge in [0.2, 0.25) is 0 Å². The van der Waals surface area contributed by atoms with Crippen LogP contribution in [0.2, 0.25) is 36.3 Å². The van der Waals surface area contributed by atoms with E-state index in [1.54, 1.807) is 13.0 Å². The third kappa shape index (κ3) is 6.21. The third-order valence-electron chi connectivity index (χ3n) is 9.22. The van der Waals surface area contributed by atoms with Gasteiger partial charge in [0.1, 0.15) is 12.2 Å². The Morgan fingerprint density at radius 3 is 2.19 bits per heavy atom. The van der Waals surface area contributed by atoms with Crippen molar-refractivity contribution in [3.05, 3.63) is 56.4 Å². The summed E-state index contributed by atoms with van der Waals surface area (Å²) in [5, 5.41) is 3.79. The van der Waals surface area contributed by atoms with E-state index in [0.717, 1.165) is 9.98 Å². The highest BCUT2D eigenvalue weighted by molar-refractivity contribution is 7.90. The van der Waals surface area contributed by atoms with Crippen LogP contribution in [-0.4, -0.2) is 65.1 Å². The van der Waals surface area contributed by atoms with Gasteiger partial charge in [0.05, 0.1) is 17.7 Å². The molecule has 4 atom stereocenters. The van der Waals surface area contributed by atoms with Crippen molar-refractivity contribution in [1.29, 1.82) is 0 Å². The molecular weight excluding hydrogens is 595 g/mol. The molecule has 1 spiro atoms. The highest BCUT2D eigenvalue weighted by Crippen LogP contribution is 2.52. The first-order valence-corrected chi connectivity index (χ1v) is 21.5. The van der Waals surface area contributed by atoms with Crippen LogP contribution >= 0.6 is 0 Å². The Morgan fingerprint density at radius 2 is 1.67 bits per heavy atom. The summed E-state index contributed by atoms with van der Waals surface area (Å²) in [6, 6.07) is 0. The Bertz CT molecular complexity index is 1470. The maximum atomic E-state index is 13.6. The lowest BCUT2D eigenvalue weighted by molar-refractivity contribution is -0.0572. The molecule has 42 heavy (non-hydrogen) atoms. The highest BCUT2D eigenvalue weighted by atomic mass is 32.2. The van der Waals surface area contributed by atoms with E-state index in [9.17, 15) is 18.0 Å². The second-order valence-corrected chi connectivity index (χ2v) is 25.3. The van der Waals surface area contributed by atoms with Crippen LogP contribution in [-0.2, 0) is 34.9 Å². The van der Waals surface area contributed by atoms with Crippen LogP contribution in [0.1, 0.15) is 53.3 Å². The number of ether oxygens (including phenoxy) is 1. The van der Waals surface area contributed by atoms with Crippen molar-refractivity contribution < 1.29 is 26.2 Å². The van der Waals surface area contributed by atoms with Crippen molar-refractivity contribution in [1.82, 2.24) is 14.5 Å². The zero-order valence-corrected chi connectivity index (χ0v) is 30.0. The fourth-order valence-electron chi connectivity index (χ4n) is 4.56. The van der Waals surface area contributed by atoms with Crippen molar-refractivity contribution >= 4 is 26.8 Å².